The molecular formula is C29H34ClN3O8S. The Morgan fingerprint density at radius 3 is 2.17 bits per heavy atom. The van der Waals surface area contributed by atoms with E-state index in [1.54, 1.807) is 31.2 Å². The molecule has 42 heavy (non-hydrogen) atoms. The van der Waals surface area contributed by atoms with Gasteiger partial charge in [-0.3, -0.25) is 13.9 Å². The van der Waals surface area contributed by atoms with Gasteiger partial charge in [-0.15, -0.1) is 0 Å². The molecule has 1 N–H and O–H groups in total. The second-order valence-electron chi connectivity index (χ2n) is 9.01. The number of rotatable bonds is 13. The van der Waals surface area contributed by atoms with Gasteiger partial charge in [0.2, 0.25) is 11.8 Å². The first-order valence-electron chi connectivity index (χ1n) is 12.7. The molecule has 0 saturated carbocycles. The molecule has 0 fully saturated rings. The number of benzene rings is 3. The fraction of sp³-hybridized carbons (Fsp3) is 0.310. The van der Waals surface area contributed by atoms with Gasteiger partial charge in [-0.25, -0.2) is 8.42 Å². The van der Waals surface area contributed by atoms with Crippen LogP contribution in [0.4, 0.5) is 5.69 Å². The van der Waals surface area contributed by atoms with E-state index in [4.69, 9.17) is 30.5 Å². The number of anilines is 1. The van der Waals surface area contributed by atoms with Gasteiger partial charge in [-0.1, -0.05) is 23.7 Å². The lowest BCUT2D eigenvalue weighted by atomic mass is 10.1. The van der Waals surface area contributed by atoms with Gasteiger partial charge >= 0.3 is 0 Å². The van der Waals surface area contributed by atoms with E-state index >= 15 is 0 Å². The Morgan fingerprint density at radius 2 is 1.55 bits per heavy atom. The van der Waals surface area contributed by atoms with Gasteiger partial charge in [0.1, 0.15) is 24.1 Å². The lowest BCUT2D eigenvalue weighted by molar-refractivity contribution is -0.139. The van der Waals surface area contributed by atoms with Gasteiger partial charge < -0.3 is 29.2 Å². The molecule has 0 aliphatic rings. The molecule has 3 aromatic rings. The standard InChI is InChI=1S/C29H34ClN3O8S/c1-19(29(35)31-2)32(17-20-8-7-9-22(14-20)38-3)28(34)18-33(24-15-21(30)10-12-25(24)39-4)42(36,37)23-11-13-26(40-5)27(16-23)41-6/h7-16,19H,17-18H2,1-6H3,(H,31,35)/t19-/m0/s1. The summed E-state index contributed by atoms with van der Waals surface area (Å²) >= 11 is 6.27. The summed E-state index contributed by atoms with van der Waals surface area (Å²) in [4.78, 5) is 27.8. The van der Waals surface area contributed by atoms with Gasteiger partial charge in [-0.05, 0) is 55.0 Å². The van der Waals surface area contributed by atoms with Crippen molar-refractivity contribution in [1.29, 1.82) is 0 Å². The summed E-state index contributed by atoms with van der Waals surface area (Å²) < 4.78 is 50.6. The summed E-state index contributed by atoms with van der Waals surface area (Å²) in [5.41, 5.74) is 0.704. The topological polar surface area (TPSA) is 124 Å². The number of likely N-dealkylation sites (N-methyl/N-ethyl adjacent to an activating group) is 1. The zero-order valence-electron chi connectivity index (χ0n) is 24.2. The predicted molar refractivity (Wildman–Crippen MR) is 159 cm³/mol. The number of nitrogens with zero attached hydrogens (tertiary/aromatic N) is 2. The van der Waals surface area contributed by atoms with Crippen LogP contribution in [0, 0.1) is 0 Å². The second-order valence-corrected chi connectivity index (χ2v) is 11.3. The summed E-state index contributed by atoms with van der Waals surface area (Å²) in [6.45, 7) is 0.879. The average molecular weight is 620 g/mol. The zero-order valence-corrected chi connectivity index (χ0v) is 25.8. The first-order valence-corrected chi connectivity index (χ1v) is 14.5. The van der Waals surface area contributed by atoms with E-state index in [0.717, 1.165) is 4.31 Å². The van der Waals surface area contributed by atoms with Crippen LogP contribution in [0.25, 0.3) is 0 Å². The van der Waals surface area contributed by atoms with Crippen LogP contribution in [-0.2, 0) is 26.2 Å². The molecule has 0 aromatic heterocycles. The maximum atomic E-state index is 14.2. The molecule has 11 nitrogen and oxygen atoms in total. The summed E-state index contributed by atoms with van der Waals surface area (Å²) in [7, 11) is 2.72. The number of hydrogen-bond donors (Lipinski definition) is 1. The van der Waals surface area contributed by atoms with Crippen LogP contribution in [-0.4, -0.2) is 73.2 Å². The first kappa shape index (κ1) is 32.4. The molecule has 2 amide bonds. The first-order chi connectivity index (χ1) is 20.0. The van der Waals surface area contributed by atoms with Crippen LogP contribution in [0.3, 0.4) is 0 Å². The van der Waals surface area contributed by atoms with E-state index in [0.29, 0.717) is 17.1 Å². The highest BCUT2D eigenvalue weighted by molar-refractivity contribution is 7.92. The number of carbonyl (C=O) groups excluding carboxylic acids is 2. The van der Waals surface area contributed by atoms with Crippen LogP contribution < -0.4 is 28.6 Å². The summed E-state index contributed by atoms with van der Waals surface area (Å²) in [6.07, 6.45) is 0. The average Bonchev–Trinajstić information content (AvgIpc) is 3.01. The molecule has 226 valence electrons. The maximum Gasteiger partial charge on any atom is 0.265 e. The minimum atomic E-state index is -4.43. The Balaban J connectivity index is 2.15. The monoisotopic (exact) mass is 619 g/mol. The van der Waals surface area contributed by atoms with E-state index in [-0.39, 0.29) is 33.6 Å². The van der Waals surface area contributed by atoms with E-state index in [1.165, 1.54) is 76.8 Å². The van der Waals surface area contributed by atoms with Gasteiger partial charge in [-0.2, -0.15) is 0 Å². The van der Waals surface area contributed by atoms with E-state index in [9.17, 15) is 18.0 Å². The zero-order chi connectivity index (χ0) is 31.0. The highest BCUT2D eigenvalue weighted by Gasteiger charge is 2.34. The van der Waals surface area contributed by atoms with Crippen molar-refractivity contribution in [3.63, 3.8) is 0 Å². The molecule has 0 unspecified atom stereocenters. The van der Waals surface area contributed by atoms with Crippen molar-refractivity contribution in [1.82, 2.24) is 10.2 Å². The fourth-order valence-corrected chi connectivity index (χ4v) is 5.83. The number of carbonyl (C=O) groups is 2. The molecule has 0 aliphatic heterocycles. The van der Waals surface area contributed by atoms with Crippen LogP contribution >= 0.6 is 11.6 Å². The van der Waals surface area contributed by atoms with Gasteiger partial charge in [0.15, 0.2) is 11.5 Å². The van der Waals surface area contributed by atoms with Crippen molar-refractivity contribution in [3.8, 4) is 23.0 Å². The van der Waals surface area contributed by atoms with E-state index in [1.807, 2.05) is 0 Å². The highest BCUT2D eigenvalue weighted by atomic mass is 35.5. The Bertz CT molecular complexity index is 1530. The number of sulfonamides is 1. The van der Waals surface area contributed by atoms with Crippen LogP contribution in [0.5, 0.6) is 23.0 Å². The molecule has 0 aliphatic carbocycles. The van der Waals surface area contributed by atoms with Gasteiger partial charge in [0.25, 0.3) is 10.0 Å². The van der Waals surface area contributed by atoms with Gasteiger partial charge in [0.05, 0.1) is 39.0 Å². The largest absolute Gasteiger partial charge is 0.497 e. The molecular weight excluding hydrogens is 586 g/mol. The molecule has 0 radical (unpaired) electrons. The summed E-state index contributed by atoms with van der Waals surface area (Å²) in [6, 6.07) is 14.6. The number of amides is 2. The Labute approximate surface area is 250 Å². The molecule has 0 bridgehead atoms. The lowest BCUT2D eigenvalue weighted by Crippen LogP contribution is -2.50. The van der Waals surface area contributed by atoms with Crippen molar-refractivity contribution < 1.29 is 37.0 Å². The fourth-order valence-electron chi connectivity index (χ4n) is 4.23. The van der Waals surface area contributed by atoms with Crippen LogP contribution in [0.1, 0.15) is 12.5 Å². The normalized spacial score (nSPS) is 11.7. The number of nitrogens with one attached hydrogen (secondary N) is 1. The van der Waals surface area contributed by atoms with Crippen molar-refractivity contribution in [3.05, 3.63) is 71.2 Å². The number of hydrogen-bond acceptors (Lipinski definition) is 8. The third kappa shape index (κ3) is 7.18. The van der Waals surface area contributed by atoms with E-state index in [2.05, 4.69) is 5.32 Å². The minimum Gasteiger partial charge on any atom is -0.497 e. The van der Waals surface area contributed by atoms with Crippen molar-refractivity contribution >= 4 is 39.1 Å². The Morgan fingerprint density at radius 1 is 0.881 bits per heavy atom. The molecule has 0 saturated heterocycles. The second kappa shape index (κ2) is 14.1. The Kier molecular flexibility index (Phi) is 10.9. The number of ether oxygens (including phenoxy) is 4. The SMILES string of the molecule is CNC(=O)[C@H](C)N(Cc1cccc(OC)c1)C(=O)CN(c1cc(Cl)ccc1OC)S(=O)(=O)c1ccc(OC)c(OC)c1. The quantitative estimate of drug-likeness (QED) is 0.307. The minimum absolute atomic E-state index is 0.00153. The van der Waals surface area contributed by atoms with Gasteiger partial charge in [0, 0.05) is 24.7 Å². The summed E-state index contributed by atoms with van der Waals surface area (Å²) in [5.74, 6) is 0.142. The third-order valence-corrected chi connectivity index (χ3v) is 8.52. The van der Waals surface area contributed by atoms with E-state index < -0.39 is 34.4 Å². The van der Waals surface area contributed by atoms with Crippen LogP contribution in [0.2, 0.25) is 5.02 Å². The summed E-state index contributed by atoms with van der Waals surface area (Å²) in [5, 5.41) is 2.77. The molecule has 3 aromatic carbocycles. The Hall–Kier alpha value is -4.16. The third-order valence-electron chi connectivity index (χ3n) is 6.53. The smallest absolute Gasteiger partial charge is 0.265 e. The van der Waals surface area contributed by atoms with Crippen LogP contribution in [0.15, 0.2) is 65.6 Å². The molecule has 13 heteroatoms. The molecule has 1 atom stereocenters. The number of halogens is 1. The molecule has 0 spiro atoms. The maximum absolute atomic E-state index is 14.2. The van der Waals surface area contributed by atoms with Crippen molar-refractivity contribution in [2.75, 3.05) is 46.3 Å². The molecule has 3 rings (SSSR count). The molecule has 0 heterocycles. The lowest BCUT2D eigenvalue weighted by Gasteiger charge is -2.32. The number of methoxy groups -OCH3 is 4. The van der Waals surface area contributed by atoms with Crippen molar-refractivity contribution in [2.24, 2.45) is 0 Å². The van der Waals surface area contributed by atoms with Crippen molar-refractivity contribution in [2.45, 2.75) is 24.4 Å². The predicted octanol–water partition coefficient (Wildman–Crippen LogP) is 3.73. The highest BCUT2D eigenvalue weighted by Crippen LogP contribution is 2.37.